The van der Waals surface area contributed by atoms with Gasteiger partial charge in [-0.1, -0.05) is 0 Å². The Bertz CT molecular complexity index is 580. The summed E-state index contributed by atoms with van der Waals surface area (Å²) >= 11 is 1.58. The number of nitrogens with one attached hydrogen (secondary N) is 2. The fourth-order valence-corrected chi connectivity index (χ4v) is 2.67. The number of hydrogen-bond acceptors (Lipinski definition) is 4. The number of hydrogen-bond donors (Lipinski definition) is 2. The van der Waals surface area contributed by atoms with E-state index in [4.69, 9.17) is 0 Å². The number of amides is 2. The molecule has 0 atom stereocenters. The van der Waals surface area contributed by atoms with Crippen molar-refractivity contribution in [3.8, 4) is 10.6 Å². The van der Waals surface area contributed by atoms with Gasteiger partial charge in [-0.15, -0.1) is 11.3 Å². The lowest BCUT2D eigenvalue weighted by atomic mass is 10.3. The maximum Gasteiger partial charge on any atom is 0.315 e. The van der Waals surface area contributed by atoms with E-state index in [0.29, 0.717) is 6.54 Å². The van der Waals surface area contributed by atoms with Crippen molar-refractivity contribution in [3.05, 3.63) is 35.1 Å². The van der Waals surface area contributed by atoms with Gasteiger partial charge in [0.05, 0.1) is 12.2 Å². The maximum absolute atomic E-state index is 11.6. The van der Waals surface area contributed by atoms with Crippen LogP contribution in [0.4, 0.5) is 4.79 Å². The van der Waals surface area contributed by atoms with Gasteiger partial charge in [0.1, 0.15) is 5.01 Å². The van der Waals surface area contributed by atoms with Crippen LogP contribution in [0.25, 0.3) is 10.6 Å². The van der Waals surface area contributed by atoms with Gasteiger partial charge in [-0.05, 0) is 32.9 Å². The molecule has 0 aromatic carbocycles. The van der Waals surface area contributed by atoms with Gasteiger partial charge in [0, 0.05) is 28.9 Å². The first-order chi connectivity index (χ1) is 9.56. The molecule has 2 aromatic rings. The van der Waals surface area contributed by atoms with Gasteiger partial charge < -0.3 is 10.6 Å². The first kappa shape index (κ1) is 14.5. The van der Waals surface area contributed by atoms with E-state index >= 15 is 0 Å². The fourth-order valence-electron chi connectivity index (χ4n) is 1.68. The standard InChI is InChI=1S/C14H18N4OS/c1-9(2)17-14(19)16-8-12-10(3)18-13(20-12)11-5-4-6-15-7-11/h4-7,9H,8H2,1-3H3,(H2,16,17,19). The van der Waals surface area contributed by atoms with E-state index in [0.717, 1.165) is 21.1 Å². The molecule has 6 heteroatoms. The average molecular weight is 290 g/mol. The topological polar surface area (TPSA) is 66.9 Å². The van der Waals surface area contributed by atoms with Crippen molar-refractivity contribution < 1.29 is 4.79 Å². The Morgan fingerprint density at radius 2 is 2.25 bits per heavy atom. The lowest BCUT2D eigenvalue weighted by molar-refractivity contribution is 0.238. The molecule has 0 bridgehead atoms. The molecule has 5 nitrogen and oxygen atoms in total. The maximum atomic E-state index is 11.6. The van der Waals surface area contributed by atoms with Crippen LogP contribution in [0.1, 0.15) is 24.4 Å². The van der Waals surface area contributed by atoms with Crippen LogP contribution in [-0.4, -0.2) is 22.0 Å². The molecule has 2 amide bonds. The Morgan fingerprint density at radius 3 is 2.90 bits per heavy atom. The minimum atomic E-state index is -0.157. The minimum absolute atomic E-state index is 0.128. The Morgan fingerprint density at radius 1 is 1.45 bits per heavy atom. The molecule has 2 aromatic heterocycles. The van der Waals surface area contributed by atoms with Gasteiger partial charge in [-0.25, -0.2) is 9.78 Å². The van der Waals surface area contributed by atoms with Crippen molar-refractivity contribution in [2.45, 2.75) is 33.4 Å². The van der Waals surface area contributed by atoms with E-state index in [1.807, 2.05) is 32.9 Å². The van der Waals surface area contributed by atoms with Crippen LogP contribution in [0.2, 0.25) is 0 Å². The van der Waals surface area contributed by atoms with E-state index in [1.54, 1.807) is 23.7 Å². The normalized spacial score (nSPS) is 10.6. The van der Waals surface area contributed by atoms with Crippen molar-refractivity contribution in [2.24, 2.45) is 0 Å². The molecule has 2 N–H and O–H groups in total. The molecule has 0 aliphatic heterocycles. The predicted octanol–water partition coefficient (Wildman–Crippen LogP) is 2.72. The van der Waals surface area contributed by atoms with E-state index in [9.17, 15) is 4.79 Å². The summed E-state index contributed by atoms with van der Waals surface area (Å²) in [4.78, 5) is 21.2. The van der Waals surface area contributed by atoms with Crippen LogP contribution in [0, 0.1) is 6.92 Å². The molecule has 106 valence electrons. The molecule has 2 heterocycles. The third-order valence-corrected chi connectivity index (χ3v) is 3.84. The molecule has 0 radical (unpaired) electrons. The molecule has 2 rings (SSSR count). The van der Waals surface area contributed by atoms with Gasteiger partial charge in [0.25, 0.3) is 0 Å². The van der Waals surface area contributed by atoms with Crippen molar-refractivity contribution >= 4 is 17.4 Å². The van der Waals surface area contributed by atoms with Gasteiger partial charge in [-0.2, -0.15) is 0 Å². The Hall–Kier alpha value is -1.95. The molecule has 0 aliphatic rings. The summed E-state index contributed by atoms with van der Waals surface area (Å²) in [7, 11) is 0. The number of thiazole rings is 1. The first-order valence-corrected chi connectivity index (χ1v) is 7.29. The fraction of sp³-hybridized carbons (Fsp3) is 0.357. The summed E-state index contributed by atoms with van der Waals surface area (Å²) in [5.74, 6) is 0. The van der Waals surface area contributed by atoms with E-state index in [2.05, 4.69) is 20.6 Å². The largest absolute Gasteiger partial charge is 0.336 e. The van der Waals surface area contributed by atoms with Gasteiger partial charge in [-0.3, -0.25) is 4.98 Å². The summed E-state index contributed by atoms with van der Waals surface area (Å²) < 4.78 is 0. The molecule has 0 spiro atoms. The highest BCUT2D eigenvalue weighted by atomic mass is 32.1. The number of urea groups is 1. The van der Waals surface area contributed by atoms with Crippen molar-refractivity contribution in [1.82, 2.24) is 20.6 Å². The summed E-state index contributed by atoms with van der Waals surface area (Å²) in [5.41, 5.74) is 1.94. The highest BCUT2D eigenvalue weighted by molar-refractivity contribution is 7.15. The minimum Gasteiger partial charge on any atom is -0.336 e. The number of carbonyl (C=O) groups excluding carboxylic acids is 1. The van der Waals surface area contributed by atoms with Gasteiger partial charge >= 0.3 is 6.03 Å². The summed E-state index contributed by atoms with van der Waals surface area (Å²) in [6, 6.07) is 3.84. The lowest BCUT2D eigenvalue weighted by Crippen LogP contribution is -2.38. The quantitative estimate of drug-likeness (QED) is 0.910. The SMILES string of the molecule is Cc1nc(-c2cccnc2)sc1CNC(=O)NC(C)C. The number of aryl methyl sites for hydroxylation is 1. The Kier molecular flexibility index (Phi) is 4.68. The second kappa shape index (κ2) is 6.47. The second-order valence-corrected chi connectivity index (χ2v) is 5.83. The molecule has 0 saturated carbocycles. The monoisotopic (exact) mass is 290 g/mol. The third kappa shape index (κ3) is 3.77. The van der Waals surface area contributed by atoms with Crippen molar-refractivity contribution in [2.75, 3.05) is 0 Å². The number of rotatable bonds is 4. The van der Waals surface area contributed by atoms with Crippen molar-refractivity contribution in [3.63, 3.8) is 0 Å². The van der Waals surface area contributed by atoms with Crippen LogP contribution in [-0.2, 0) is 6.54 Å². The molecule has 0 unspecified atom stereocenters. The van der Waals surface area contributed by atoms with Crippen molar-refractivity contribution in [1.29, 1.82) is 0 Å². The second-order valence-electron chi connectivity index (χ2n) is 4.75. The highest BCUT2D eigenvalue weighted by Crippen LogP contribution is 2.27. The molecule has 0 aliphatic carbocycles. The zero-order valence-corrected chi connectivity index (χ0v) is 12.6. The van der Waals surface area contributed by atoms with Gasteiger partial charge in [0.2, 0.25) is 0 Å². The number of carbonyl (C=O) groups is 1. The zero-order valence-electron chi connectivity index (χ0n) is 11.8. The summed E-state index contributed by atoms with van der Waals surface area (Å²) in [6.45, 7) is 6.30. The number of nitrogens with zero attached hydrogens (tertiary/aromatic N) is 2. The summed E-state index contributed by atoms with van der Waals surface area (Å²) in [5, 5.41) is 6.56. The van der Waals surface area contributed by atoms with E-state index in [1.165, 1.54) is 0 Å². The predicted molar refractivity (Wildman–Crippen MR) is 80.6 cm³/mol. The number of pyridine rings is 1. The molecule has 20 heavy (non-hydrogen) atoms. The highest BCUT2D eigenvalue weighted by Gasteiger charge is 2.10. The third-order valence-electron chi connectivity index (χ3n) is 2.63. The van der Waals surface area contributed by atoms with Crippen LogP contribution in [0.3, 0.4) is 0 Å². The molecule has 0 saturated heterocycles. The van der Waals surface area contributed by atoms with Crippen LogP contribution >= 0.6 is 11.3 Å². The van der Waals surface area contributed by atoms with Crippen LogP contribution in [0.15, 0.2) is 24.5 Å². The van der Waals surface area contributed by atoms with Crippen LogP contribution in [0.5, 0.6) is 0 Å². The molecule has 0 fully saturated rings. The Labute approximate surface area is 122 Å². The first-order valence-electron chi connectivity index (χ1n) is 6.47. The molecular weight excluding hydrogens is 272 g/mol. The van der Waals surface area contributed by atoms with Gasteiger partial charge in [0.15, 0.2) is 0 Å². The Balaban J connectivity index is 2.03. The summed E-state index contributed by atoms with van der Waals surface area (Å²) in [6.07, 6.45) is 3.53. The smallest absolute Gasteiger partial charge is 0.315 e. The van der Waals surface area contributed by atoms with E-state index < -0.39 is 0 Å². The lowest BCUT2D eigenvalue weighted by Gasteiger charge is -2.09. The molecular formula is C14H18N4OS. The zero-order chi connectivity index (χ0) is 14.5. The average Bonchev–Trinajstić information content (AvgIpc) is 2.78. The van der Waals surface area contributed by atoms with E-state index in [-0.39, 0.29) is 12.1 Å². The van der Waals surface area contributed by atoms with Crippen LogP contribution < -0.4 is 10.6 Å². The number of aromatic nitrogens is 2.